The monoisotopic (exact) mass is 321 g/mol. The average molecular weight is 321 g/mol. The van der Waals surface area contributed by atoms with Crippen LogP contribution < -0.4 is 5.32 Å². The number of hydrogen-bond acceptors (Lipinski definition) is 3. The van der Waals surface area contributed by atoms with Gasteiger partial charge in [-0.05, 0) is 17.9 Å². The second kappa shape index (κ2) is 7.75. The van der Waals surface area contributed by atoms with Gasteiger partial charge in [-0.25, -0.2) is 0 Å². The molecule has 0 aliphatic heterocycles. The topological polar surface area (TPSA) is 64.0 Å². The molecule has 1 aliphatic carbocycles. The van der Waals surface area contributed by atoms with E-state index in [0.717, 1.165) is 12.1 Å². The highest BCUT2D eigenvalue weighted by Crippen LogP contribution is 2.47. The summed E-state index contributed by atoms with van der Waals surface area (Å²) in [6.45, 7) is 11.8. The smallest absolute Gasteiger partial charge is 0.224 e. The average Bonchev–Trinajstić information content (AvgIpc) is 3.19. The van der Waals surface area contributed by atoms with Crippen LogP contribution in [0.5, 0.6) is 0 Å². The number of nitrogens with zero attached hydrogens (tertiary/aromatic N) is 2. The summed E-state index contributed by atoms with van der Waals surface area (Å²) in [5.41, 5.74) is 0.699. The molecule has 0 bridgehead atoms. The van der Waals surface area contributed by atoms with Gasteiger partial charge in [-0.2, -0.15) is 5.10 Å². The van der Waals surface area contributed by atoms with E-state index in [2.05, 4.69) is 10.4 Å². The maximum absolute atomic E-state index is 12.4. The highest BCUT2D eigenvalue weighted by molar-refractivity contribution is 5.91. The van der Waals surface area contributed by atoms with Crippen molar-refractivity contribution in [2.45, 2.75) is 66.3 Å². The third-order valence-corrected chi connectivity index (χ3v) is 4.06. The largest absolute Gasteiger partial charge is 0.346 e. The van der Waals surface area contributed by atoms with Gasteiger partial charge in [0.05, 0.1) is 11.7 Å². The van der Waals surface area contributed by atoms with Gasteiger partial charge in [0.15, 0.2) is 5.78 Å². The summed E-state index contributed by atoms with van der Waals surface area (Å²) < 4.78 is 1.75. The van der Waals surface area contributed by atoms with Gasteiger partial charge in [0.1, 0.15) is 0 Å². The zero-order valence-electron chi connectivity index (χ0n) is 15.5. The Hall–Kier alpha value is -1.65. The molecule has 0 radical (unpaired) electrons. The molecule has 1 aromatic rings. The van der Waals surface area contributed by atoms with Crippen molar-refractivity contribution in [3.63, 3.8) is 0 Å². The van der Waals surface area contributed by atoms with Crippen LogP contribution in [-0.4, -0.2) is 27.5 Å². The van der Waals surface area contributed by atoms with Crippen LogP contribution in [0.3, 0.4) is 0 Å². The van der Waals surface area contributed by atoms with Crippen molar-refractivity contribution in [1.82, 2.24) is 15.1 Å². The lowest BCUT2D eigenvalue weighted by atomic mass is 9.83. The van der Waals surface area contributed by atoms with E-state index in [4.69, 9.17) is 0 Å². The quantitative estimate of drug-likeness (QED) is 0.906. The molecule has 3 unspecified atom stereocenters. The SMILES string of the molecule is CC.CCC(=O)C(NC(=O)C1CC1c1ccn(C)n1)C(C)(C)C. The van der Waals surface area contributed by atoms with E-state index in [1.54, 1.807) is 4.68 Å². The zero-order chi connectivity index (χ0) is 17.8. The van der Waals surface area contributed by atoms with Crippen LogP contribution >= 0.6 is 0 Å². The first-order valence-corrected chi connectivity index (χ1v) is 8.56. The number of nitrogens with one attached hydrogen (secondary N) is 1. The van der Waals surface area contributed by atoms with E-state index >= 15 is 0 Å². The molecular formula is C18H31N3O2. The van der Waals surface area contributed by atoms with Gasteiger partial charge in [-0.3, -0.25) is 14.3 Å². The lowest BCUT2D eigenvalue weighted by molar-refractivity contribution is -0.130. The van der Waals surface area contributed by atoms with Crippen molar-refractivity contribution in [2.24, 2.45) is 18.4 Å². The van der Waals surface area contributed by atoms with Crippen LogP contribution in [0.2, 0.25) is 0 Å². The minimum Gasteiger partial charge on any atom is -0.346 e. The number of rotatable bonds is 5. The molecular weight excluding hydrogens is 290 g/mol. The van der Waals surface area contributed by atoms with Gasteiger partial charge < -0.3 is 5.32 Å². The third-order valence-electron chi connectivity index (χ3n) is 4.06. The zero-order valence-corrected chi connectivity index (χ0v) is 15.5. The van der Waals surface area contributed by atoms with Crippen LogP contribution in [0.4, 0.5) is 0 Å². The highest BCUT2D eigenvalue weighted by Gasteiger charge is 2.47. The minimum atomic E-state index is -0.417. The second-order valence-electron chi connectivity index (χ2n) is 6.99. The van der Waals surface area contributed by atoms with Gasteiger partial charge >= 0.3 is 0 Å². The van der Waals surface area contributed by atoms with Crippen molar-refractivity contribution < 1.29 is 9.59 Å². The van der Waals surface area contributed by atoms with E-state index in [1.165, 1.54) is 0 Å². The number of Topliss-reactive ketones (excluding diaryl/α,β-unsaturated/α-hetero) is 1. The Labute approximate surface area is 139 Å². The predicted octanol–water partition coefficient (Wildman–Crippen LogP) is 3.06. The highest BCUT2D eigenvalue weighted by atomic mass is 16.2. The van der Waals surface area contributed by atoms with Crippen molar-refractivity contribution in [3.05, 3.63) is 18.0 Å². The first kappa shape index (κ1) is 19.4. The fraction of sp³-hybridized carbons (Fsp3) is 0.722. The molecule has 23 heavy (non-hydrogen) atoms. The molecule has 1 fully saturated rings. The molecule has 1 aliphatic rings. The molecule has 3 atom stereocenters. The van der Waals surface area contributed by atoms with Crippen molar-refractivity contribution in [1.29, 1.82) is 0 Å². The lowest BCUT2D eigenvalue weighted by Gasteiger charge is -2.30. The van der Waals surface area contributed by atoms with E-state index < -0.39 is 6.04 Å². The first-order valence-electron chi connectivity index (χ1n) is 8.56. The van der Waals surface area contributed by atoms with Gasteiger partial charge in [-0.15, -0.1) is 0 Å². The summed E-state index contributed by atoms with van der Waals surface area (Å²) in [5.74, 6) is 0.219. The molecule has 130 valence electrons. The molecule has 0 spiro atoms. The summed E-state index contributed by atoms with van der Waals surface area (Å²) in [6.07, 6.45) is 3.15. The molecule has 2 rings (SSSR count). The number of ketones is 1. The van der Waals surface area contributed by atoms with Gasteiger partial charge in [-0.1, -0.05) is 41.5 Å². The van der Waals surface area contributed by atoms with Gasteiger partial charge in [0, 0.05) is 31.5 Å². The Balaban J connectivity index is 0.00000127. The molecule has 1 heterocycles. The number of aromatic nitrogens is 2. The second-order valence-corrected chi connectivity index (χ2v) is 6.99. The number of hydrogen-bond donors (Lipinski definition) is 1. The van der Waals surface area contributed by atoms with E-state index in [1.807, 2.05) is 60.9 Å². The molecule has 1 N–H and O–H groups in total. The predicted molar refractivity (Wildman–Crippen MR) is 92.1 cm³/mol. The molecule has 0 saturated heterocycles. The maximum atomic E-state index is 12.4. The van der Waals surface area contributed by atoms with Crippen LogP contribution in [0.15, 0.2) is 12.3 Å². The summed E-state index contributed by atoms with van der Waals surface area (Å²) in [7, 11) is 1.87. The Kier molecular flexibility index (Phi) is 6.54. The van der Waals surface area contributed by atoms with Gasteiger partial charge in [0.2, 0.25) is 5.91 Å². The van der Waals surface area contributed by atoms with E-state index in [0.29, 0.717) is 6.42 Å². The Morgan fingerprint density at radius 1 is 1.39 bits per heavy atom. The summed E-state index contributed by atoms with van der Waals surface area (Å²) in [4.78, 5) is 24.4. The normalized spacial score (nSPS) is 21.0. The summed E-state index contributed by atoms with van der Waals surface area (Å²) >= 11 is 0. The van der Waals surface area contributed by atoms with Crippen molar-refractivity contribution >= 4 is 11.7 Å². The minimum absolute atomic E-state index is 0.0209. The molecule has 5 heteroatoms. The Morgan fingerprint density at radius 3 is 2.43 bits per heavy atom. The van der Waals surface area contributed by atoms with E-state index in [-0.39, 0.29) is 28.9 Å². The first-order chi connectivity index (χ1) is 10.7. The molecule has 1 amide bonds. The van der Waals surface area contributed by atoms with E-state index in [9.17, 15) is 9.59 Å². The summed E-state index contributed by atoms with van der Waals surface area (Å²) in [6, 6.07) is 1.54. The number of carbonyl (C=O) groups is 2. The number of carbonyl (C=O) groups excluding carboxylic acids is 2. The number of amides is 1. The molecule has 1 saturated carbocycles. The molecule has 1 aromatic heterocycles. The summed E-state index contributed by atoms with van der Waals surface area (Å²) in [5, 5.41) is 7.31. The van der Waals surface area contributed by atoms with Crippen molar-refractivity contribution in [2.75, 3.05) is 0 Å². The van der Waals surface area contributed by atoms with Gasteiger partial charge in [0.25, 0.3) is 0 Å². The fourth-order valence-electron chi connectivity index (χ4n) is 2.68. The molecule has 0 aromatic carbocycles. The Bertz CT molecular complexity index is 543. The van der Waals surface area contributed by atoms with Crippen LogP contribution in [0.1, 0.15) is 66.0 Å². The standard InChI is InChI=1S/C16H25N3O2.C2H6/c1-6-13(20)14(16(2,3)4)17-15(21)11-9-10(11)12-7-8-19(5)18-12;1-2/h7-8,10-11,14H,6,9H2,1-5H3,(H,17,21);1-2H3. The number of aryl methyl sites for hydroxylation is 1. The third kappa shape index (κ3) is 4.91. The molecule has 5 nitrogen and oxygen atoms in total. The maximum Gasteiger partial charge on any atom is 0.224 e. The van der Waals surface area contributed by atoms with Crippen LogP contribution in [-0.2, 0) is 16.6 Å². The van der Waals surface area contributed by atoms with Crippen LogP contribution in [0.25, 0.3) is 0 Å². The fourth-order valence-corrected chi connectivity index (χ4v) is 2.68. The van der Waals surface area contributed by atoms with Crippen LogP contribution in [0, 0.1) is 11.3 Å². The van der Waals surface area contributed by atoms with Crippen molar-refractivity contribution in [3.8, 4) is 0 Å². The lowest BCUT2D eigenvalue weighted by Crippen LogP contribution is -2.49. The Morgan fingerprint density at radius 2 is 2.00 bits per heavy atom.